The van der Waals surface area contributed by atoms with E-state index in [1.807, 2.05) is 6.92 Å². The number of hydrogen-bond acceptors (Lipinski definition) is 3. The molecule has 1 aliphatic rings. The summed E-state index contributed by atoms with van der Waals surface area (Å²) in [5, 5.41) is 8.17. The summed E-state index contributed by atoms with van der Waals surface area (Å²) in [5.74, 6) is 0.693. The van der Waals surface area contributed by atoms with Crippen molar-refractivity contribution in [3.05, 3.63) is 0 Å². The van der Waals surface area contributed by atoms with Crippen LogP contribution in [0.4, 0.5) is 0 Å². The number of rotatable bonds is 4. The minimum atomic E-state index is 0.187. The van der Waals surface area contributed by atoms with Crippen molar-refractivity contribution >= 4 is 23.0 Å². The first-order chi connectivity index (χ1) is 8.82. The molecular formula is C14H27N3OS. The Morgan fingerprint density at radius 1 is 1.58 bits per heavy atom. The summed E-state index contributed by atoms with van der Waals surface area (Å²) in [7, 11) is 1.68. The Morgan fingerprint density at radius 3 is 2.84 bits per heavy atom. The standard InChI is InChI=1S/C14H27N3OS/c1-10-6-12(8-14(3,4)7-10)16-17-13(19)15-11(2)9-18-5/h10-11H,6-9H2,1-5H3,(H2,15,17,19)/b16-12-/t10-,11+/m1/s1. The SMILES string of the molecule is COC[C@H](C)NC(=S)N/N=C1/C[C@@H](C)CC(C)(C)C1. The fourth-order valence-electron chi connectivity index (χ4n) is 2.88. The topological polar surface area (TPSA) is 45.6 Å². The van der Waals surface area contributed by atoms with Crippen LogP contribution in [0.2, 0.25) is 0 Å². The maximum atomic E-state index is 5.21. The van der Waals surface area contributed by atoms with Crippen LogP contribution in [0, 0.1) is 11.3 Å². The fourth-order valence-corrected chi connectivity index (χ4v) is 3.12. The van der Waals surface area contributed by atoms with E-state index in [0.29, 0.717) is 23.1 Å². The Balaban J connectivity index is 2.45. The number of ether oxygens (including phenoxy) is 1. The van der Waals surface area contributed by atoms with Crippen LogP contribution < -0.4 is 10.7 Å². The van der Waals surface area contributed by atoms with Gasteiger partial charge in [-0.15, -0.1) is 0 Å². The highest BCUT2D eigenvalue weighted by atomic mass is 32.1. The molecule has 0 aromatic heterocycles. The second kappa shape index (κ2) is 7.20. The molecule has 0 aromatic carbocycles. The van der Waals surface area contributed by atoms with Gasteiger partial charge in [0, 0.05) is 18.9 Å². The van der Waals surface area contributed by atoms with Crippen molar-refractivity contribution in [3.8, 4) is 0 Å². The molecule has 0 saturated heterocycles. The van der Waals surface area contributed by atoms with E-state index in [1.54, 1.807) is 7.11 Å². The lowest BCUT2D eigenvalue weighted by Crippen LogP contribution is -2.41. The highest BCUT2D eigenvalue weighted by Crippen LogP contribution is 2.36. The monoisotopic (exact) mass is 285 g/mol. The summed E-state index contributed by atoms with van der Waals surface area (Å²) in [6.45, 7) is 9.54. The van der Waals surface area contributed by atoms with Crippen LogP contribution in [-0.2, 0) is 4.74 Å². The van der Waals surface area contributed by atoms with Crippen LogP contribution in [0.25, 0.3) is 0 Å². The highest BCUT2D eigenvalue weighted by molar-refractivity contribution is 7.80. The second-order valence-electron chi connectivity index (χ2n) is 6.47. The Kier molecular flexibility index (Phi) is 6.20. The van der Waals surface area contributed by atoms with E-state index in [4.69, 9.17) is 17.0 Å². The van der Waals surface area contributed by atoms with Gasteiger partial charge in [0.05, 0.1) is 6.61 Å². The van der Waals surface area contributed by atoms with E-state index in [9.17, 15) is 0 Å². The Labute approximate surface area is 122 Å². The molecule has 1 saturated carbocycles. The first-order valence-corrected chi connectivity index (χ1v) is 7.34. The van der Waals surface area contributed by atoms with Gasteiger partial charge in [-0.05, 0) is 49.7 Å². The minimum absolute atomic E-state index is 0.187. The number of hydrogen-bond donors (Lipinski definition) is 2. The molecule has 1 fully saturated rings. The van der Waals surface area contributed by atoms with E-state index < -0.39 is 0 Å². The number of methoxy groups -OCH3 is 1. The molecule has 0 heterocycles. The van der Waals surface area contributed by atoms with Gasteiger partial charge in [-0.2, -0.15) is 5.10 Å². The van der Waals surface area contributed by atoms with Gasteiger partial charge in [-0.25, -0.2) is 0 Å². The molecule has 0 aliphatic heterocycles. The number of nitrogens with one attached hydrogen (secondary N) is 2. The van der Waals surface area contributed by atoms with Crippen LogP contribution in [0.1, 0.15) is 47.0 Å². The summed E-state index contributed by atoms with van der Waals surface area (Å²) in [6.07, 6.45) is 3.37. The van der Waals surface area contributed by atoms with Crippen molar-refractivity contribution < 1.29 is 4.74 Å². The third-order valence-corrected chi connectivity index (χ3v) is 3.49. The maximum absolute atomic E-state index is 5.21. The van der Waals surface area contributed by atoms with E-state index in [-0.39, 0.29) is 6.04 Å². The third-order valence-electron chi connectivity index (χ3n) is 3.28. The molecule has 4 nitrogen and oxygen atoms in total. The largest absolute Gasteiger partial charge is 0.383 e. The summed E-state index contributed by atoms with van der Waals surface area (Å²) in [4.78, 5) is 0. The van der Waals surface area contributed by atoms with Crippen molar-refractivity contribution in [2.75, 3.05) is 13.7 Å². The fraction of sp³-hybridized carbons (Fsp3) is 0.857. The quantitative estimate of drug-likeness (QED) is 0.616. The average molecular weight is 285 g/mol. The predicted octanol–water partition coefficient (Wildman–Crippen LogP) is 2.69. The molecule has 0 amide bonds. The summed E-state index contributed by atoms with van der Waals surface area (Å²) < 4.78 is 5.05. The maximum Gasteiger partial charge on any atom is 0.187 e. The minimum Gasteiger partial charge on any atom is -0.383 e. The van der Waals surface area contributed by atoms with E-state index in [1.165, 1.54) is 12.1 Å². The van der Waals surface area contributed by atoms with Crippen LogP contribution in [-0.4, -0.2) is 30.6 Å². The zero-order valence-electron chi connectivity index (χ0n) is 12.7. The number of thiocarbonyl (C=S) groups is 1. The lowest BCUT2D eigenvalue weighted by atomic mass is 9.72. The van der Waals surface area contributed by atoms with Crippen LogP contribution in [0.3, 0.4) is 0 Å². The normalized spacial score (nSPS) is 25.9. The molecule has 0 aromatic rings. The Morgan fingerprint density at radius 2 is 2.26 bits per heavy atom. The van der Waals surface area contributed by atoms with Crippen molar-refractivity contribution in [2.45, 2.75) is 53.0 Å². The summed E-state index contributed by atoms with van der Waals surface area (Å²) in [6, 6.07) is 0.187. The highest BCUT2D eigenvalue weighted by Gasteiger charge is 2.29. The molecule has 0 spiro atoms. The van der Waals surface area contributed by atoms with E-state index >= 15 is 0 Å². The predicted molar refractivity (Wildman–Crippen MR) is 84.4 cm³/mol. The van der Waals surface area contributed by atoms with Crippen molar-refractivity contribution in [1.29, 1.82) is 0 Å². The van der Waals surface area contributed by atoms with Crippen LogP contribution in [0.15, 0.2) is 5.10 Å². The Bertz CT molecular complexity index is 342. The number of hydrazone groups is 1. The second-order valence-corrected chi connectivity index (χ2v) is 6.88. The summed E-state index contributed by atoms with van der Waals surface area (Å²) in [5.41, 5.74) is 4.51. The van der Waals surface area contributed by atoms with Gasteiger partial charge in [-0.3, -0.25) is 5.43 Å². The van der Waals surface area contributed by atoms with Crippen molar-refractivity contribution in [1.82, 2.24) is 10.7 Å². The van der Waals surface area contributed by atoms with Crippen molar-refractivity contribution in [3.63, 3.8) is 0 Å². The molecule has 2 N–H and O–H groups in total. The van der Waals surface area contributed by atoms with Gasteiger partial charge in [0.25, 0.3) is 0 Å². The molecule has 0 radical (unpaired) electrons. The third kappa shape index (κ3) is 6.34. The van der Waals surface area contributed by atoms with Gasteiger partial charge < -0.3 is 10.1 Å². The van der Waals surface area contributed by atoms with Crippen LogP contribution >= 0.6 is 12.2 Å². The van der Waals surface area contributed by atoms with Gasteiger partial charge in [-0.1, -0.05) is 20.8 Å². The van der Waals surface area contributed by atoms with Gasteiger partial charge >= 0.3 is 0 Å². The molecule has 2 atom stereocenters. The average Bonchev–Trinajstić information content (AvgIpc) is 2.23. The van der Waals surface area contributed by atoms with Gasteiger partial charge in [0.2, 0.25) is 0 Å². The first kappa shape index (κ1) is 16.4. The zero-order valence-corrected chi connectivity index (χ0v) is 13.6. The van der Waals surface area contributed by atoms with Crippen molar-refractivity contribution in [2.24, 2.45) is 16.4 Å². The smallest absolute Gasteiger partial charge is 0.187 e. The van der Waals surface area contributed by atoms with E-state index in [0.717, 1.165) is 12.8 Å². The molecule has 19 heavy (non-hydrogen) atoms. The molecule has 1 rings (SSSR count). The Hall–Kier alpha value is -0.680. The van der Waals surface area contributed by atoms with Gasteiger partial charge in [0.15, 0.2) is 5.11 Å². The van der Waals surface area contributed by atoms with E-state index in [2.05, 4.69) is 36.6 Å². The van der Waals surface area contributed by atoms with Crippen LogP contribution in [0.5, 0.6) is 0 Å². The molecule has 0 bridgehead atoms. The lowest BCUT2D eigenvalue weighted by molar-refractivity contribution is 0.179. The lowest BCUT2D eigenvalue weighted by Gasteiger charge is -2.34. The first-order valence-electron chi connectivity index (χ1n) is 6.93. The molecule has 110 valence electrons. The zero-order chi connectivity index (χ0) is 14.5. The molecule has 1 aliphatic carbocycles. The van der Waals surface area contributed by atoms with Gasteiger partial charge in [0.1, 0.15) is 0 Å². The molecule has 0 unspecified atom stereocenters. The molecule has 5 heteroatoms. The number of nitrogens with zero attached hydrogens (tertiary/aromatic N) is 1. The molecular weight excluding hydrogens is 258 g/mol. The summed E-state index contributed by atoms with van der Waals surface area (Å²) >= 11 is 5.21.